The lowest BCUT2D eigenvalue weighted by Gasteiger charge is -2.07. The zero-order valence-electron chi connectivity index (χ0n) is 6.62. The third-order valence-corrected chi connectivity index (χ3v) is 3.87. The molecule has 1 aromatic carbocycles. The van der Waals surface area contributed by atoms with Crippen LogP contribution in [0.1, 0.15) is 16.7 Å². The van der Waals surface area contributed by atoms with Gasteiger partial charge in [-0.25, -0.2) is 0 Å². The Morgan fingerprint density at radius 2 is 1.82 bits per heavy atom. The number of aryl methyl sites for hydroxylation is 2. The van der Waals surface area contributed by atoms with E-state index in [1.165, 1.54) is 20.3 Å². The van der Waals surface area contributed by atoms with Gasteiger partial charge in [-0.1, -0.05) is 28.1 Å². The van der Waals surface area contributed by atoms with Crippen molar-refractivity contribution in [3.8, 4) is 0 Å². The molecule has 1 aromatic rings. The molecular weight excluding hydrogens is 315 g/mol. The van der Waals surface area contributed by atoms with Crippen molar-refractivity contribution >= 4 is 38.5 Å². The Morgan fingerprint density at radius 3 is 2.27 bits per heavy atom. The van der Waals surface area contributed by atoms with Crippen LogP contribution in [0.3, 0.4) is 0 Å². The molecule has 0 saturated carbocycles. The summed E-state index contributed by atoms with van der Waals surface area (Å²) in [7, 11) is 0. The standard InChI is InChI=1S/C9H10BrI/c1-6-3-4-7(2)9(11)8(6)5-10/h3-4H,5H2,1-2H3. The molecule has 0 aliphatic carbocycles. The number of alkyl halides is 1. The first-order chi connectivity index (χ1) is 5.16. The van der Waals surface area contributed by atoms with E-state index in [0.29, 0.717) is 0 Å². The Hall–Kier alpha value is 0.430. The Kier molecular flexibility index (Phi) is 3.37. The van der Waals surface area contributed by atoms with Gasteiger partial charge in [0.05, 0.1) is 0 Å². The van der Waals surface area contributed by atoms with Gasteiger partial charge in [-0.2, -0.15) is 0 Å². The van der Waals surface area contributed by atoms with Gasteiger partial charge in [-0.3, -0.25) is 0 Å². The van der Waals surface area contributed by atoms with Gasteiger partial charge in [0.1, 0.15) is 0 Å². The minimum atomic E-state index is 0.957. The molecule has 0 unspecified atom stereocenters. The van der Waals surface area contributed by atoms with Crippen LogP contribution in [0.5, 0.6) is 0 Å². The fourth-order valence-electron chi connectivity index (χ4n) is 0.999. The zero-order chi connectivity index (χ0) is 8.43. The van der Waals surface area contributed by atoms with E-state index in [2.05, 4.69) is 64.5 Å². The van der Waals surface area contributed by atoms with Gasteiger partial charge in [-0.15, -0.1) is 0 Å². The van der Waals surface area contributed by atoms with Crippen molar-refractivity contribution in [3.05, 3.63) is 32.4 Å². The number of benzene rings is 1. The van der Waals surface area contributed by atoms with E-state index < -0.39 is 0 Å². The van der Waals surface area contributed by atoms with Gasteiger partial charge < -0.3 is 0 Å². The van der Waals surface area contributed by atoms with Crippen molar-refractivity contribution in [1.29, 1.82) is 0 Å². The summed E-state index contributed by atoms with van der Waals surface area (Å²) in [6.45, 7) is 4.30. The maximum Gasteiger partial charge on any atom is 0.0296 e. The molecule has 0 amide bonds. The minimum absolute atomic E-state index is 0.957. The lowest BCUT2D eigenvalue weighted by molar-refractivity contribution is 1.25. The van der Waals surface area contributed by atoms with Gasteiger partial charge >= 0.3 is 0 Å². The number of hydrogen-bond donors (Lipinski definition) is 0. The lowest BCUT2D eigenvalue weighted by Crippen LogP contribution is -1.91. The molecule has 0 nitrogen and oxygen atoms in total. The van der Waals surface area contributed by atoms with Gasteiger partial charge in [0.15, 0.2) is 0 Å². The van der Waals surface area contributed by atoms with Crippen LogP contribution in [0.15, 0.2) is 12.1 Å². The molecule has 0 bridgehead atoms. The van der Waals surface area contributed by atoms with E-state index in [1.807, 2.05) is 0 Å². The molecule has 0 saturated heterocycles. The molecular formula is C9H10BrI. The minimum Gasteiger partial charge on any atom is -0.0876 e. The van der Waals surface area contributed by atoms with Crippen molar-refractivity contribution in [2.45, 2.75) is 19.2 Å². The van der Waals surface area contributed by atoms with Crippen molar-refractivity contribution in [3.63, 3.8) is 0 Å². The first-order valence-corrected chi connectivity index (χ1v) is 5.67. The van der Waals surface area contributed by atoms with Crippen molar-refractivity contribution in [2.24, 2.45) is 0 Å². The largest absolute Gasteiger partial charge is 0.0876 e. The maximum atomic E-state index is 3.49. The summed E-state index contributed by atoms with van der Waals surface area (Å²) in [5, 5.41) is 0.957. The van der Waals surface area contributed by atoms with Gasteiger partial charge in [0.2, 0.25) is 0 Å². The lowest BCUT2D eigenvalue weighted by atomic mass is 10.1. The maximum absolute atomic E-state index is 3.49. The quantitative estimate of drug-likeness (QED) is 0.544. The fourth-order valence-corrected chi connectivity index (χ4v) is 3.04. The van der Waals surface area contributed by atoms with E-state index in [4.69, 9.17) is 0 Å². The van der Waals surface area contributed by atoms with Crippen molar-refractivity contribution in [1.82, 2.24) is 0 Å². The highest BCUT2D eigenvalue weighted by atomic mass is 127. The second-order valence-corrected chi connectivity index (χ2v) is 4.27. The molecule has 0 atom stereocenters. The van der Waals surface area contributed by atoms with E-state index >= 15 is 0 Å². The average Bonchev–Trinajstić information content (AvgIpc) is 1.99. The highest BCUT2D eigenvalue weighted by Gasteiger charge is 2.03. The highest BCUT2D eigenvalue weighted by Crippen LogP contribution is 2.22. The summed E-state index contributed by atoms with van der Waals surface area (Å²) >= 11 is 5.89. The van der Waals surface area contributed by atoms with Crippen molar-refractivity contribution in [2.75, 3.05) is 0 Å². The topological polar surface area (TPSA) is 0 Å². The van der Waals surface area contributed by atoms with E-state index in [9.17, 15) is 0 Å². The van der Waals surface area contributed by atoms with Gasteiger partial charge in [0, 0.05) is 8.90 Å². The van der Waals surface area contributed by atoms with Crippen molar-refractivity contribution < 1.29 is 0 Å². The van der Waals surface area contributed by atoms with E-state index in [-0.39, 0.29) is 0 Å². The highest BCUT2D eigenvalue weighted by molar-refractivity contribution is 14.1. The number of halogens is 2. The molecule has 0 aliphatic rings. The smallest absolute Gasteiger partial charge is 0.0296 e. The molecule has 0 aliphatic heterocycles. The summed E-state index contributed by atoms with van der Waals surface area (Å²) in [6.07, 6.45) is 0. The summed E-state index contributed by atoms with van der Waals surface area (Å²) in [4.78, 5) is 0. The van der Waals surface area contributed by atoms with Crippen LogP contribution in [-0.2, 0) is 5.33 Å². The second-order valence-electron chi connectivity index (χ2n) is 2.63. The third-order valence-electron chi connectivity index (χ3n) is 1.80. The summed E-state index contributed by atoms with van der Waals surface area (Å²) < 4.78 is 1.39. The molecule has 0 radical (unpaired) electrons. The number of rotatable bonds is 1. The van der Waals surface area contributed by atoms with Gasteiger partial charge in [-0.05, 0) is 53.1 Å². The van der Waals surface area contributed by atoms with Crippen LogP contribution in [0, 0.1) is 17.4 Å². The Balaban J connectivity index is 3.29. The number of hydrogen-bond acceptors (Lipinski definition) is 0. The molecule has 11 heavy (non-hydrogen) atoms. The first kappa shape index (κ1) is 9.52. The molecule has 0 N–H and O–H groups in total. The predicted molar refractivity (Wildman–Crippen MR) is 61.3 cm³/mol. The molecule has 60 valence electrons. The van der Waals surface area contributed by atoms with E-state index in [1.54, 1.807) is 0 Å². The van der Waals surface area contributed by atoms with Crippen LogP contribution in [-0.4, -0.2) is 0 Å². The van der Waals surface area contributed by atoms with Crippen LogP contribution in [0.25, 0.3) is 0 Å². The van der Waals surface area contributed by atoms with E-state index in [0.717, 1.165) is 5.33 Å². The zero-order valence-corrected chi connectivity index (χ0v) is 10.4. The molecule has 1 rings (SSSR count). The first-order valence-electron chi connectivity index (χ1n) is 3.47. The molecule has 2 heteroatoms. The SMILES string of the molecule is Cc1ccc(C)c(CBr)c1I. The summed E-state index contributed by atoms with van der Waals surface area (Å²) in [5.74, 6) is 0. The monoisotopic (exact) mass is 324 g/mol. The summed E-state index contributed by atoms with van der Waals surface area (Å²) in [5.41, 5.74) is 4.16. The molecule has 0 aromatic heterocycles. The molecule has 0 fully saturated rings. The average molecular weight is 325 g/mol. The Labute approximate surface area is 89.7 Å². The fraction of sp³-hybridized carbons (Fsp3) is 0.333. The second kappa shape index (κ2) is 3.90. The molecule has 0 heterocycles. The van der Waals surface area contributed by atoms with Gasteiger partial charge in [0.25, 0.3) is 0 Å². The van der Waals surface area contributed by atoms with Crippen LogP contribution >= 0.6 is 38.5 Å². The molecule has 0 spiro atoms. The Morgan fingerprint density at radius 1 is 1.27 bits per heavy atom. The van der Waals surface area contributed by atoms with Crippen LogP contribution < -0.4 is 0 Å². The Bertz CT molecular complexity index is 269. The third kappa shape index (κ3) is 1.96. The normalized spacial score (nSPS) is 10.2. The predicted octanol–water partition coefficient (Wildman–Crippen LogP) is 3.80. The van der Waals surface area contributed by atoms with Crippen LogP contribution in [0.2, 0.25) is 0 Å². The summed E-state index contributed by atoms with van der Waals surface area (Å²) in [6, 6.07) is 4.34. The van der Waals surface area contributed by atoms with Crippen LogP contribution in [0.4, 0.5) is 0 Å².